The van der Waals surface area contributed by atoms with E-state index in [4.69, 9.17) is 5.73 Å². The fraction of sp³-hybridized carbons (Fsp3) is 0.538. The van der Waals surface area contributed by atoms with Gasteiger partial charge in [-0.3, -0.25) is 0 Å². The zero-order valence-electron chi connectivity index (χ0n) is 11.2. The summed E-state index contributed by atoms with van der Waals surface area (Å²) in [6.45, 7) is 1.07. The molecule has 0 aliphatic carbocycles. The molecule has 1 aliphatic rings. The lowest BCUT2D eigenvalue weighted by Gasteiger charge is -2.21. The van der Waals surface area contributed by atoms with Crippen molar-refractivity contribution in [2.45, 2.75) is 16.6 Å². The third-order valence-electron chi connectivity index (χ3n) is 3.05. The Hall–Kier alpha value is -0.210. The third-order valence-corrected chi connectivity index (χ3v) is 7.34. The summed E-state index contributed by atoms with van der Waals surface area (Å²) in [5.74, 6) is 3.28. The van der Waals surface area contributed by atoms with Crippen molar-refractivity contribution in [3.63, 3.8) is 0 Å². The number of sulfonamides is 1. The Morgan fingerprint density at radius 1 is 1.25 bits per heavy atom. The predicted octanol–water partition coefficient (Wildman–Crippen LogP) is 1.31. The molecule has 0 bridgehead atoms. The van der Waals surface area contributed by atoms with Gasteiger partial charge >= 0.3 is 0 Å². The first-order valence-corrected chi connectivity index (χ1v) is 10.3. The lowest BCUT2D eigenvalue weighted by molar-refractivity contribution is 0.581. The molecule has 0 spiro atoms. The normalized spacial score (nSPS) is 19.9. The molecule has 1 aromatic rings. The molecule has 1 saturated heterocycles. The monoisotopic (exact) mass is 332 g/mol. The Morgan fingerprint density at radius 2 is 2.00 bits per heavy atom. The highest BCUT2D eigenvalue weighted by Crippen LogP contribution is 2.23. The van der Waals surface area contributed by atoms with Crippen molar-refractivity contribution >= 4 is 33.5 Å². The van der Waals surface area contributed by atoms with Crippen molar-refractivity contribution in [2.24, 2.45) is 5.73 Å². The fourth-order valence-electron chi connectivity index (χ4n) is 1.94. The van der Waals surface area contributed by atoms with Crippen molar-refractivity contribution in [3.05, 3.63) is 29.8 Å². The van der Waals surface area contributed by atoms with Crippen LogP contribution in [-0.2, 0) is 16.4 Å². The summed E-state index contributed by atoms with van der Waals surface area (Å²) in [6, 6.07) is 6.95. The highest BCUT2D eigenvalue weighted by Gasteiger charge is 2.19. The molecule has 112 valence electrons. The van der Waals surface area contributed by atoms with Gasteiger partial charge < -0.3 is 5.73 Å². The van der Waals surface area contributed by atoms with Gasteiger partial charge in [0, 0.05) is 29.1 Å². The van der Waals surface area contributed by atoms with Gasteiger partial charge in [-0.25, -0.2) is 13.1 Å². The van der Waals surface area contributed by atoms with E-state index in [1.807, 2.05) is 35.7 Å². The Labute approximate surface area is 129 Å². The van der Waals surface area contributed by atoms with Gasteiger partial charge in [0.05, 0.1) is 4.90 Å². The highest BCUT2D eigenvalue weighted by molar-refractivity contribution is 8.06. The molecule has 3 N–H and O–H groups in total. The number of hydrogen-bond acceptors (Lipinski definition) is 5. The number of nitrogens with two attached hydrogens (primary N) is 1. The van der Waals surface area contributed by atoms with Crippen LogP contribution in [0.3, 0.4) is 0 Å². The maximum atomic E-state index is 12.2. The van der Waals surface area contributed by atoms with E-state index in [2.05, 4.69) is 4.72 Å². The van der Waals surface area contributed by atoms with Crippen LogP contribution in [0.2, 0.25) is 0 Å². The van der Waals surface area contributed by atoms with Gasteiger partial charge in [-0.05, 0) is 30.7 Å². The van der Waals surface area contributed by atoms with Gasteiger partial charge in [-0.1, -0.05) is 12.1 Å². The van der Waals surface area contributed by atoms with E-state index in [1.54, 1.807) is 12.1 Å². The van der Waals surface area contributed by atoms with Crippen LogP contribution in [0, 0.1) is 0 Å². The molecule has 1 unspecified atom stereocenters. The van der Waals surface area contributed by atoms with Crippen molar-refractivity contribution in [2.75, 3.05) is 30.3 Å². The minimum absolute atomic E-state index is 0.326. The summed E-state index contributed by atoms with van der Waals surface area (Å²) in [5, 5.41) is 0.375. The van der Waals surface area contributed by atoms with Crippen LogP contribution in [-0.4, -0.2) is 44.0 Å². The summed E-state index contributed by atoms with van der Waals surface area (Å²) < 4.78 is 27.1. The zero-order chi connectivity index (χ0) is 14.4. The van der Waals surface area contributed by atoms with E-state index in [9.17, 15) is 8.42 Å². The molecule has 1 aliphatic heterocycles. The second kappa shape index (κ2) is 7.70. The van der Waals surface area contributed by atoms with Gasteiger partial charge in [0.2, 0.25) is 10.0 Å². The van der Waals surface area contributed by atoms with Crippen LogP contribution in [0.4, 0.5) is 0 Å². The average molecular weight is 333 g/mol. The van der Waals surface area contributed by atoms with E-state index in [0.29, 0.717) is 23.2 Å². The van der Waals surface area contributed by atoms with Crippen molar-refractivity contribution in [1.82, 2.24) is 4.72 Å². The standard InChI is InChI=1S/C13H20N2O2S3/c14-6-5-11-1-3-13(4-2-11)20(16,17)15-9-12-10-18-7-8-19-12/h1-4,12,15H,5-10,14H2. The zero-order valence-corrected chi connectivity index (χ0v) is 13.7. The smallest absolute Gasteiger partial charge is 0.240 e. The van der Waals surface area contributed by atoms with E-state index in [0.717, 1.165) is 29.2 Å². The molecule has 4 nitrogen and oxygen atoms in total. The van der Waals surface area contributed by atoms with Gasteiger partial charge in [0.1, 0.15) is 0 Å². The molecule has 20 heavy (non-hydrogen) atoms. The molecular weight excluding hydrogens is 312 g/mol. The van der Waals surface area contributed by atoms with E-state index in [-0.39, 0.29) is 0 Å². The number of rotatable bonds is 6. The van der Waals surface area contributed by atoms with Crippen LogP contribution in [0.1, 0.15) is 5.56 Å². The third kappa shape index (κ3) is 4.66. The molecular formula is C13H20N2O2S3. The average Bonchev–Trinajstić information content (AvgIpc) is 2.47. The lowest BCUT2D eigenvalue weighted by atomic mass is 10.2. The van der Waals surface area contributed by atoms with Crippen LogP contribution in [0.25, 0.3) is 0 Å². The number of benzene rings is 1. The number of thioether (sulfide) groups is 2. The summed E-state index contributed by atoms with van der Waals surface area (Å²) in [6.07, 6.45) is 0.768. The minimum Gasteiger partial charge on any atom is -0.330 e. The minimum atomic E-state index is -3.40. The Kier molecular flexibility index (Phi) is 6.22. The van der Waals surface area contributed by atoms with Crippen LogP contribution in [0.15, 0.2) is 29.2 Å². The molecule has 1 atom stereocenters. The molecule has 7 heteroatoms. The second-order valence-corrected chi connectivity index (χ2v) is 8.93. The Bertz CT molecular complexity index is 511. The van der Waals surface area contributed by atoms with Crippen molar-refractivity contribution in [1.29, 1.82) is 0 Å². The lowest BCUT2D eigenvalue weighted by Crippen LogP contribution is -2.33. The second-order valence-electron chi connectivity index (χ2n) is 4.60. The predicted molar refractivity (Wildman–Crippen MR) is 88.0 cm³/mol. The van der Waals surface area contributed by atoms with Crippen LogP contribution in [0.5, 0.6) is 0 Å². The maximum absolute atomic E-state index is 12.2. The van der Waals surface area contributed by atoms with E-state index < -0.39 is 10.0 Å². The largest absolute Gasteiger partial charge is 0.330 e. The first kappa shape index (κ1) is 16.2. The molecule has 1 fully saturated rings. The number of hydrogen-bond donors (Lipinski definition) is 2. The first-order chi connectivity index (χ1) is 9.62. The van der Waals surface area contributed by atoms with Gasteiger partial charge in [-0.15, -0.1) is 0 Å². The molecule has 1 aromatic carbocycles. The highest BCUT2D eigenvalue weighted by atomic mass is 32.2. The number of nitrogens with one attached hydrogen (secondary N) is 1. The van der Waals surface area contributed by atoms with Crippen LogP contribution < -0.4 is 10.5 Å². The first-order valence-electron chi connectivity index (χ1n) is 6.60. The quantitative estimate of drug-likeness (QED) is 0.822. The summed E-state index contributed by atoms with van der Waals surface area (Å²) in [5.41, 5.74) is 6.54. The Balaban J connectivity index is 1.94. The molecule has 0 radical (unpaired) electrons. The summed E-state index contributed by atoms with van der Waals surface area (Å²) in [4.78, 5) is 0.326. The molecule has 1 heterocycles. The van der Waals surface area contributed by atoms with E-state index >= 15 is 0 Å². The van der Waals surface area contributed by atoms with Crippen molar-refractivity contribution in [3.8, 4) is 0 Å². The van der Waals surface area contributed by atoms with Gasteiger partial charge in [0.25, 0.3) is 0 Å². The fourth-order valence-corrected chi connectivity index (χ4v) is 5.74. The molecule has 0 saturated carbocycles. The Morgan fingerprint density at radius 3 is 2.60 bits per heavy atom. The maximum Gasteiger partial charge on any atom is 0.240 e. The van der Waals surface area contributed by atoms with Crippen LogP contribution >= 0.6 is 23.5 Å². The van der Waals surface area contributed by atoms with Crippen molar-refractivity contribution < 1.29 is 8.42 Å². The SMILES string of the molecule is NCCc1ccc(S(=O)(=O)NCC2CSCCS2)cc1. The molecule has 0 amide bonds. The van der Waals surface area contributed by atoms with Gasteiger partial charge in [-0.2, -0.15) is 23.5 Å². The van der Waals surface area contributed by atoms with Gasteiger partial charge in [0.15, 0.2) is 0 Å². The molecule has 0 aromatic heterocycles. The summed E-state index contributed by atoms with van der Waals surface area (Å²) in [7, 11) is -3.40. The molecule has 2 rings (SSSR count). The summed E-state index contributed by atoms with van der Waals surface area (Å²) >= 11 is 3.74. The van der Waals surface area contributed by atoms with E-state index in [1.165, 1.54) is 0 Å². The topological polar surface area (TPSA) is 72.2 Å².